The van der Waals surface area contributed by atoms with Gasteiger partial charge in [-0.1, -0.05) is 6.92 Å². The average molecular weight is 224 g/mol. The van der Waals surface area contributed by atoms with Crippen molar-refractivity contribution < 1.29 is 9.84 Å². The predicted molar refractivity (Wildman–Crippen MR) is 62.7 cm³/mol. The van der Waals surface area contributed by atoms with Gasteiger partial charge < -0.3 is 9.84 Å². The van der Waals surface area contributed by atoms with E-state index in [1.807, 2.05) is 26.8 Å². The minimum atomic E-state index is -0.409. The zero-order valence-corrected chi connectivity index (χ0v) is 10.4. The molecule has 0 aliphatic rings. The van der Waals surface area contributed by atoms with Crippen LogP contribution in [0.2, 0.25) is 0 Å². The zero-order chi connectivity index (χ0) is 12.1. The SMILES string of the molecule is CCOc1cc(C(CC)C(C)O)nc(C)n1. The van der Waals surface area contributed by atoms with Crippen LogP contribution in [0.25, 0.3) is 0 Å². The Labute approximate surface area is 96.7 Å². The standard InChI is InChI=1S/C12H20N2O2/c1-5-10(8(3)15)11-7-12(16-6-2)14-9(4)13-11/h7-8,10,15H,5-6H2,1-4H3. The maximum Gasteiger partial charge on any atom is 0.216 e. The summed E-state index contributed by atoms with van der Waals surface area (Å²) in [6.07, 6.45) is 0.438. The van der Waals surface area contributed by atoms with Crippen LogP contribution in [0, 0.1) is 6.92 Å². The van der Waals surface area contributed by atoms with Gasteiger partial charge in [-0.15, -0.1) is 0 Å². The van der Waals surface area contributed by atoms with Gasteiger partial charge in [-0.3, -0.25) is 0 Å². The fraction of sp³-hybridized carbons (Fsp3) is 0.667. The first-order valence-electron chi connectivity index (χ1n) is 5.74. The number of aliphatic hydroxyl groups excluding tert-OH is 1. The minimum absolute atomic E-state index is 0.0425. The molecule has 1 rings (SSSR count). The summed E-state index contributed by atoms with van der Waals surface area (Å²) in [5, 5.41) is 9.68. The smallest absolute Gasteiger partial charge is 0.216 e. The molecule has 16 heavy (non-hydrogen) atoms. The third-order valence-electron chi connectivity index (χ3n) is 2.53. The highest BCUT2D eigenvalue weighted by molar-refractivity contribution is 5.20. The summed E-state index contributed by atoms with van der Waals surface area (Å²) < 4.78 is 5.37. The van der Waals surface area contributed by atoms with E-state index in [0.29, 0.717) is 18.3 Å². The summed E-state index contributed by atoms with van der Waals surface area (Å²) in [7, 11) is 0. The zero-order valence-electron chi connectivity index (χ0n) is 10.4. The summed E-state index contributed by atoms with van der Waals surface area (Å²) in [4.78, 5) is 8.54. The van der Waals surface area contributed by atoms with Crippen molar-refractivity contribution >= 4 is 0 Å². The summed E-state index contributed by atoms with van der Waals surface area (Å²) in [6.45, 7) is 8.16. The molecule has 1 heterocycles. The van der Waals surface area contributed by atoms with Gasteiger partial charge in [-0.25, -0.2) is 4.98 Å². The van der Waals surface area contributed by atoms with Crippen LogP contribution in [0.3, 0.4) is 0 Å². The maximum atomic E-state index is 9.68. The first-order chi connectivity index (χ1) is 7.58. The van der Waals surface area contributed by atoms with Crippen LogP contribution in [0.4, 0.5) is 0 Å². The summed E-state index contributed by atoms with van der Waals surface area (Å²) in [6, 6.07) is 1.82. The van der Waals surface area contributed by atoms with Gasteiger partial charge in [0.2, 0.25) is 5.88 Å². The van der Waals surface area contributed by atoms with Gasteiger partial charge in [0.05, 0.1) is 18.4 Å². The molecular weight excluding hydrogens is 204 g/mol. The fourth-order valence-electron chi connectivity index (χ4n) is 1.77. The van der Waals surface area contributed by atoms with Crippen LogP contribution < -0.4 is 4.74 Å². The van der Waals surface area contributed by atoms with Gasteiger partial charge in [0.15, 0.2) is 0 Å². The van der Waals surface area contributed by atoms with Crippen molar-refractivity contribution in [1.29, 1.82) is 0 Å². The molecule has 0 fully saturated rings. The second-order valence-electron chi connectivity index (χ2n) is 3.87. The Balaban J connectivity index is 3.02. The summed E-state index contributed by atoms with van der Waals surface area (Å²) in [5.74, 6) is 1.31. The second-order valence-corrected chi connectivity index (χ2v) is 3.87. The molecule has 0 aliphatic carbocycles. The number of hydrogen-bond donors (Lipinski definition) is 1. The van der Waals surface area contributed by atoms with Gasteiger partial charge in [0.1, 0.15) is 5.82 Å². The van der Waals surface area contributed by atoms with E-state index in [-0.39, 0.29) is 5.92 Å². The Bertz CT molecular complexity index is 340. The third-order valence-corrected chi connectivity index (χ3v) is 2.53. The molecule has 1 aromatic rings. The molecule has 4 heteroatoms. The Morgan fingerprint density at radius 3 is 2.56 bits per heavy atom. The van der Waals surface area contributed by atoms with E-state index in [1.54, 1.807) is 6.92 Å². The van der Waals surface area contributed by atoms with Gasteiger partial charge in [-0.05, 0) is 27.2 Å². The van der Waals surface area contributed by atoms with Crippen molar-refractivity contribution in [3.8, 4) is 5.88 Å². The molecule has 0 bridgehead atoms. The van der Waals surface area contributed by atoms with Gasteiger partial charge in [0, 0.05) is 12.0 Å². The van der Waals surface area contributed by atoms with Crippen molar-refractivity contribution in [2.24, 2.45) is 0 Å². The van der Waals surface area contributed by atoms with Crippen molar-refractivity contribution in [3.63, 3.8) is 0 Å². The molecule has 1 N–H and O–H groups in total. The van der Waals surface area contributed by atoms with Crippen molar-refractivity contribution in [3.05, 3.63) is 17.6 Å². The number of ether oxygens (including phenoxy) is 1. The van der Waals surface area contributed by atoms with Crippen molar-refractivity contribution in [1.82, 2.24) is 9.97 Å². The lowest BCUT2D eigenvalue weighted by Crippen LogP contribution is -2.16. The van der Waals surface area contributed by atoms with Crippen LogP contribution in [-0.2, 0) is 0 Å². The molecule has 0 spiro atoms. The highest BCUT2D eigenvalue weighted by Crippen LogP contribution is 2.24. The van der Waals surface area contributed by atoms with Crippen LogP contribution in [0.5, 0.6) is 5.88 Å². The number of aryl methyl sites for hydroxylation is 1. The maximum absolute atomic E-state index is 9.68. The van der Waals surface area contributed by atoms with E-state index < -0.39 is 6.10 Å². The Morgan fingerprint density at radius 1 is 1.38 bits per heavy atom. The van der Waals surface area contributed by atoms with Crippen LogP contribution in [-0.4, -0.2) is 27.8 Å². The Kier molecular flexibility index (Phi) is 4.68. The fourth-order valence-corrected chi connectivity index (χ4v) is 1.77. The largest absolute Gasteiger partial charge is 0.478 e. The number of hydrogen-bond acceptors (Lipinski definition) is 4. The Morgan fingerprint density at radius 2 is 2.06 bits per heavy atom. The first kappa shape index (κ1) is 12.9. The van der Waals surface area contributed by atoms with Crippen LogP contribution >= 0.6 is 0 Å². The highest BCUT2D eigenvalue weighted by atomic mass is 16.5. The number of nitrogens with zero attached hydrogens (tertiary/aromatic N) is 2. The molecule has 0 amide bonds. The molecule has 0 radical (unpaired) electrons. The van der Waals surface area contributed by atoms with E-state index in [4.69, 9.17) is 4.74 Å². The molecule has 4 nitrogen and oxygen atoms in total. The van der Waals surface area contributed by atoms with Gasteiger partial charge in [-0.2, -0.15) is 4.98 Å². The lowest BCUT2D eigenvalue weighted by atomic mass is 9.96. The molecule has 2 unspecified atom stereocenters. The quantitative estimate of drug-likeness (QED) is 0.831. The average Bonchev–Trinajstić information content (AvgIpc) is 2.17. The van der Waals surface area contributed by atoms with Crippen LogP contribution in [0.15, 0.2) is 6.07 Å². The molecule has 1 aromatic heterocycles. The van der Waals surface area contributed by atoms with E-state index >= 15 is 0 Å². The lowest BCUT2D eigenvalue weighted by Gasteiger charge is -2.18. The number of aliphatic hydroxyl groups is 1. The third kappa shape index (κ3) is 3.17. The van der Waals surface area contributed by atoms with E-state index in [2.05, 4.69) is 9.97 Å². The number of rotatable bonds is 5. The normalized spacial score (nSPS) is 14.6. The second kappa shape index (κ2) is 5.80. The Hall–Kier alpha value is -1.16. The molecule has 90 valence electrons. The van der Waals surface area contributed by atoms with E-state index in [1.165, 1.54) is 0 Å². The molecule has 0 saturated heterocycles. The first-order valence-corrected chi connectivity index (χ1v) is 5.74. The molecule has 0 aromatic carbocycles. The predicted octanol–water partition coefficient (Wildman–Crippen LogP) is 2.06. The highest BCUT2D eigenvalue weighted by Gasteiger charge is 2.18. The molecule has 0 aliphatic heterocycles. The van der Waals surface area contributed by atoms with Crippen molar-refractivity contribution in [2.75, 3.05) is 6.61 Å². The summed E-state index contributed by atoms with van der Waals surface area (Å²) >= 11 is 0. The summed E-state index contributed by atoms with van der Waals surface area (Å²) in [5.41, 5.74) is 0.855. The van der Waals surface area contributed by atoms with Crippen LogP contribution in [0.1, 0.15) is 44.6 Å². The number of aromatic nitrogens is 2. The van der Waals surface area contributed by atoms with Gasteiger partial charge in [0.25, 0.3) is 0 Å². The molecule has 2 atom stereocenters. The molecule has 0 saturated carbocycles. The minimum Gasteiger partial charge on any atom is -0.478 e. The van der Waals surface area contributed by atoms with E-state index in [9.17, 15) is 5.11 Å². The van der Waals surface area contributed by atoms with Crippen molar-refractivity contribution in [2.45, 2.75) is 46.1 Å². The topological polar surface area (TPSA) is 55.2 Å². The van der Waals surface area contributed by atoms with E-state index in [0.717, 1.165) is 12.1 Å². The van der Waals surface area contributed by atoms with Gasteiger partial charge >= 0.3 is 0 Å². The monoisotopic (exact) mass is 224 g/mol. The lowest BCUT2D eigenvalue weighted by molar-refractivity contribution is 0.157. The molecular formula is C12H20N2O2.